The van der Waals surface area contributed by atoms with Crippen molar-refractivity contribution in [3.63, 3.8) is 0 Å². The Morgan fingerprint density at radius 3 is 2.48 bits per heavy atom. The van der Waals surface area contributed by atoms with E-state index >= 15 is 0 Å². The maximum atomic E-state index is 12.4. The Kier molecular flexibility index (Phi) is 5.50. The molecule has 1 aromatic heterocycles. The standard InChI is InChI=1S/C19H20N4OS/c1-14(16-7-9-18(10-8-16)23-13-20-12-21-23)22-19(24)17-5-3-15(4-6-17)11-25-2/h3-10,12-14H,11H2,1-2H3,(H,22,24). The van der Waals surface area contributed by atoms with E-state index in [1.807, 2.05) is 55.5 Å². The summed E-state index contributed by atoms with van der Waals surface area (Å²) in [6.45, 7) is 1.98. The van der Waals surface area contributed by atoms with Crippen LogP contribution in [0.2, 0.25) is 0 Å². The maximum absolute atomic E-state index is 12.4. The number of benzene rings is 2. The molecule has 0 bridgehead atoms. The Hall–Kier alpha value is -2.60. The maximum Gasteiger partial charge on any atom is 0.251 e. The third-order valence-electron chi connectivity index (χ3n) is 3.95. The van der Waals surface area contributed by atoms with Crippen LogP contribution in [-0.2, 0) is 5.75 Å². The molecule has 0 aliphatic rings. The van der Waals surface area contributed by atoms with Gasteiger partial charge < -0.3 is 5.32 Å². The number of carbonyl (C=O) groups is 1. The van der Waals surface area contributed by atoms with E-state index in [0.717, 1.165) is 17.0 Å². The van der Waals surface area contributed by atoms with Crippen LogP contribution in [0.3, 0.4) is 0 Å². The number of nitrogens with zero attached hydrogens (tertiary/aromatic N) is 3. The van der Waals surface area contributed by atoms with Gasteiger partial charge in [0.15, 0.2) is 0 Å². The second kappa shape index (κ2) is 7.98. The predicted molar refractivity (Wildman–Crippen MR) is 101 cm³/mol. The second-order valence-corrected chi connectivity index (χ2v) is 6.62. The minimum Gasteiger partial charge on any atom is -0.346 e. The van der Waals surface area contributed by atoms with Gasteiger partial charge in [-0.15, -0.1) is 0 Å². The van der Waals surface area contributed by atoms with Crippen molar-refractivity contribution >= 4 is 17.7 Å². The summed E-state index contributed by atoms with van der Waals surface area (Å²) in [5.74, 6) is 0.889. The molecule has 1 N–H and O–H groups in total. The lowest BCUT2D eigenvalue weighted by Crippen LogP contribution is -2.26. The number of hydrogen-bond donors (Lipinski definition) is 1. The quantitative estimate of drug-likeness (QED) is 0.736. The number of nitrogens with one attached hydrogen (secondary N) is 1. The zero-order chi connectivity index (χ0) is 17.6. The average molecular weight is 352 g/mol. The highest BCUT2D eigenvalue weighted by Gasteiger charge is 2.11. The van der Waals surface area contributed by atoms with Gasteiger partial charge in [0, 0.05) is 11.3 Å². The van der Waals surface area contributed by atoms with Crippen LogP contribution in [-0.4, -0.2) is 26.9 Å². The average Bonchev–Trinajstić information content (AvgIpc) is 3.17. The van der Waals surface area contributed by atoms with Crippen LogP contribution in [0.4, 0.5) is 0 Å². The number of carbonyl (C=O) groups excluding carboxylic acids is 1. The zero-order valence-electron chi connectivity index (χ0n) is 14.2. The highest BCUT2D eigenvalue weighted by atomic mass is 32.2. The predicted octanol–water partition coefficient (Wildman–Crippen LogP) is 3.62. The minimum absolute atomic E-state index is 0.0662. The fourth-order valence-electron chi connectivity index (χ4n) is 2.54. The first-order valence-electron chi connectivity index (χ1n) is 8.01. The number of amides is 1. The third-order valence-corrected chi connectivity index (χ3v) is 4.57. The van der Waals surface area contributed by atoms with Crippen LogP contribution in [0.15, 0.2) is 61.2 Å². The van der Waals surface area contributed by atoms with E-state index in [-0.39, 0.29) is 11.9 Å². The van der Waals surface area contributed by atoms with Crippen LogP contribution in [0.1, 0.15) is 34.5 Å². The Morgan fingerprint density at radius 2 is 1.88 bits per heavy atom. The molecule has 2 aromatic carbocycles. The smallest absolute Gasteiger partial charge is 0.251 e. The van der Waals surface area contributed by atoms with Gasteiger partial charge in [-0.1, -0.05) is 24.3 Å². The fourth-order valence-corrected chi connectivity index (χ4v) is 3.07. The molecule has 25 heavy (non-hydrogen) atoms. The van der Waals surface area contributed by atoms with Gasteiger partial charge in [-0.25, -0.2) is 9.67 Å². The van der Waals surface area contributed by atoms with Gasteiger partial charge in [0.2, 0.25) is 0 Å². The second-order valence-electron chi connectivity index (χ2n) is 5.76. The van der Waals surface area contributed by atoms with E-state index in [2.05, 4.69) is 21.7 Å². The normalized spacial score (nSPS) is 11.9. The lowest BCUT2D eigenvalue weighted by Gasteiger charge is -2.15. The molecule has 0 aliphatic carbocycles. The van der Waals surface area contributed by atoms with Crippen molar-refractivity contribution < 1.29 is 4.79 Å². The number of aromatic nitrogens is 3. The van der Waals surface area contributed by atoms with E-state index in [4.69, 9.17) is 0 Å². The Morgan fingerprint density at radius 1 is 1.16 bits per heavy atom. The topological polar surface area (TPSA) is 59.8 Å². The first-order valence-corrected chi connectivity index (χ1v) is 9.40. The molecule has 0 radical (unpaired) electrons. The molecular formula is C19H20N4OS. The molecule has 0 fully saturated rings. The van der Waals surface area contributed by atoms with E-state index in [0.29, 0.717) is 5.56 Å². The van der Waals surface area contributed by atoms with E-state index in [9.17, 15) is 4.79 Å². The van der Waals surface area contributed by atoms with Crippen LogP contribution in [0.25, 0.3) is 5.69 Å². The summed E-state index contributed by atoms with van der Waals surface area (Å²) in [4.78, 5) is 16.4. The van der Waals surface area contributed by atoms with Gasteiger partial charge >= 0.3 is 0 Å². The molecule has 1 amide bonds. The number of thioether (sulfide) groups is 1. The van der Waals surface area contributed by atoms with Crippen molar-refractivity contribution in [2.24, 2.45) is 0 Å². The van der Waals surface area contributed by atoms with Crippen molar-refractivity contribution in [1.82, 2.24) is 20.1 Å². The molecule has 1 atom stereocenters. The molecule has 0 saturated carbocycles. The molecule has 0 saturated heterocycles. The highest BCUT2D eigenvalue weighted by Crippen LogP contribution is 2.16. The minimum atomic E-state index is -0.0804. The SMILES string of the molecule is CSCc1ccc(C(=O)NC(C)c2ccc(-n3cncn3)cc2)cc1. The van der Waals surface area contributed by atoms with Crippen LogP contribution in [0, 0.1) is 0 Å². The van der Waals surface area contributed by atoms with Crippen molar-refractivity contribution in [1.29, 1.82) is 0 Å². The van der Waals surface area contributed by atoms with Gasteiger partial charge in [0.25, 0.3) is 5.91 Å². The van der Waals surface area contributed by atoms with Crippen molar-refractivity contribution in [2.45, 2.75) is 18.7 Å². The van der Waals surface area contributed by atoms with E-state index in [1.165, 1.54) is 11.9 Å². The van der Waals surface area contributed by atoms with E-state index < -0.39 is 0 Å². The van der Waals surface area contributed by atoms with Crippen molar-refractivity contribution in [3.05, 3.63) is 77.9 Å². The highest BCUT2D eigenvalue weighted by molar-refractivity contribution is 7.97. The Bertz CT molecular complexity index is 814. The number of hydrogen-bond acceptors (Lipinski definition) is 4. The summed E-state index contributed by atoms with van der Waals surface area (Å²) < 4.78 is 1.70. The summed E-state index contributed by atoms with van der Waals surface area (Å²) in [6, 6.07) is 15.6. The first-order chi connectivity index (χ1) is 12.2. The van der Waals surface area contributed by atoms with Crippen LogP contribution >= 0.6 is 11.8 Å². The molecule has 128 valence electrons. The van der Waals surface area contributed by atoms with Gasteiger partial charge in [-0.3, -0.25) is 4.79 Å². The molecule has 6 heteroatoms. The summed E-state index contributed by atoms with van der Waals surface area (Å²) >= 11 is 1.77. The van der Waals surface area contributed by atoms with Crippen molar-refractivity contribution in [2.75, 3.05) is 6.26 Å². The summed E-state index contributed by atoms with van der Waals surface area (Å²) in [7, 11) is 0. The molecule has 0 aliphatic heterocycles. The molecule has 3 rings (SSSR count). The van der Waals surface area contributed by atoms with Crippen LogP contribution < -0.4 is 5.32 Å². The summed E-state index contributed by atoms with van der Waals surface area (Å²) in [6.07, 6.45) is 5.22. The largest absolute Gasteiger partial charge is 0.346 e. The monoisotopic (exact) mass is 352 g/mol. The Labute approximate surface area is 151 Å². The zero-order valence-corrected chi connectivity index (χ0v) is 15.0. The molecular weight excluding hydrogens is 332 g/mol. The molecule has 5 nitrogen and oxygen atoms in total. The fraction of sp³-hybridized carbons (Fsp3) is 0.211. The molecule has 0 spiro atoms. The van der Waals surface area contributed by atoms with Crippen LogP contribution in [0.5, 0.6) is 0 Å². The summed E-state index contributed by atoms with van der Waals surface area (Å²) in [5, 5.41) is 7.14. The summed E-state index contributed by atoms with van der Waals surface area (Å²) in [5.41, 5.74) is 3.87. The van der Waals surface area contributed by atoms with Gasteiger partial charge in [0.05, 0.1) is 11.7 Å². The van der Waals surface area contributed by atoms with Gasteiger partial charge in [-0.2, -0.15) is 16.9 Å². The third kappa shape index (κ3) is 4.28. The van der Waals surface area contributed by atoms with Gasteiger partial charge in [0.1, 0.15) is 12.7 Å². The lowest BCUT2D eigenvalue weighted by molar-refractivity contribution is 0.0940. The van der Waals surface area contributed by atoms with Crippen molar-refractivity contribution in [3.8, 4) is 5.69 Å². The molecule has 1 heterocycles. The Balaban J connectivity index is 1.64. The first kappa shape index (κ1) is 17.2. The molecule has 3 aromatic rings. The number of rotatable bonds is 6. The van der Waals surface area contributed by atoms with Gasteiger partial charge in [-0.05, 0) is 48.6 Å². The molecule has 1 unspecified atom stereocenters. The van der Waals surface area contributed by atoms with E-state index in [1.54, 1.807) is 22.8 Å². The lowest BCUT2D eigenvalue weighted by atomic mass is 10.1.